The fraction of sp³-hybridized carbons (Fsp3) is 0.722. The molecule has 2 fully saturated rings. The third kappa shape index (κ3) is 5.13. The maximum absolute atomic E-state index is 12.2. The number of piperidine rings is 1. The number of likely N-dealkylation sites (tertiary alicyclic amines) is 1. The van der Waals surface area contributed by atoms with Gasteiger partial charge in [-0.25, -0.2) is 14.8 Å². The van der Waals surface area contributed by atoms with E-state index in [-0.39, 0.29) is 17.4 Å². The van der Waals surface area contributed by atoms with E-state index in [0.717, 1.165) is 37.6 Å². The number of halogens is 1. The molecule has 0 aliphatic carbocycles. The summed E-state index contributed by atoms with van der Waals surface area (Å²) in [6, 6.07) is 2.23. The molecule has 0 unspecified atom stereocenters. The van der Waals surface area contributed by atoms with Gasteiger partial charge in [0, 0.05) is 38.3 Å². The van der Waals surface area contributed by atoms with Crippen LogP contribution in [0.3, 0.4) is 0 Å². The van der Waals surface area contributed by atoms with Crippen LogP contribution in [-0.2, 0) is 4.74 Å². The zero-order valence-corrected chi connectivity index (χ0v) is 16.6. The summed E-state index contributed by atoms with van der Waals surface area (Å²) in [5.41, 5.74) is -0.462. The van der Waals surface area contributed by atoms with Crippen LogP contribution < -0.4 is 10.2 Å². The van der Waals surface area contributed by atoms with Gasteiger partial charge in [0.2, 0.25) is 5.28 Å². The Hall–Kier alpha value is -1.76. The molecule has 0 spiro atoms. The zero-order valence-electron chi connectivity index (χ0n) is 15.8. The molecule has 8 heteroatoms. The van der Waals surface area contributed by atoms with Gasteiger partial charge in [-0.15, -0.1) is 0 Å². The van der Waals surface area contributed by atoms with Gasteiger partial charge in [-0.05, 0) is 58.1 Å². The van der Waals surface area contributed by atoms with Gasteiger partial charge in [0.1, 0.15) is 17.2 Å². The number of nitrogens with zero attached hydrogens (tertiary/aromatic N) is 4. The van der Waals surface area contributed by atoms with Crippen molar-refractivity contribution in [1.82, 2.24) is 14.9 Å². The molecule has 0 atom stereocenters. The van der Waals surface area contributed by atoms with Gasteiger partial charge in [-0.3, -0.25) is 0 Å². The van der Waals surface area contributed by atoms with E-state index in [1.807, 2.05) is 26.8 Å². The molecule has 7 nitrogen and oxygen atoms in total. The summed E-state index contributed by atoms with van der Waals surface area (Å²) in [4.78, 5) is 24.8. The van der Waals surface area contributed by atoms with E-state index in [0.29, 0.717) is 13.1 Å². The molecule has 2 aliphatic heterocycles. The predicted molar refractivity (Wildman–Crippen MR) is 103 cm³/mol. The largest absolute Gasteiger partial charge is 0.444 e. The second-order valence-electron chi connectivity index (χ2n) is 7.96. The monoisotopic (exact) mass is 381 g/mol. The van der Waals surface area contributed by atoms with Crippen LogP contribution >= 0.6 is 11.6 Å². The highest BCUT2D eigenvalue weighted by molar-refractivity contribution is 6.28. The molecule has 144 valence electrons. The van der Waals surface area contributed by atoms with Crippen LogP contribution in [0.4, 0.5) is 16.4 Å². The predicted octanol–water partition coefficient (Wildman–Crippen LogP) is 3.54. The third-order valence-electron chi connectivity index (χ3n) is 4.61. The number of amides is 1. The Bertz CT molecular complexity index is 635. The average molecular weight is 382 g/mol. The Labute approximate surface area is 160 Å². The molecule has 0 saturated carbocycles. The molecule has 0 bridgehead atoms. The minimum atomic E-state index is -0.462. The van der Waals surface area contributed by atoms with Crippen LogP contribution in [0, 0.1) is 0 Å². The van der Waals surface area contributed by atoms with Crippen molar-refractivity contribution in [1.29, 1.82) is 0 Å². The molecule has 1 amide bonds. The Morgan fingerprint density at radius 3 is 2.46 bits per heavy atom. The first kappa shape index (κ1) is 19.0. The van der Waals surface area contributed by atoms with Gasteiger partial charge < -0.3 is 19.9 Å². The molecule has 1 aromatic rings. The fourth-order valence-electron chi connectivity index (χ4n) is 3.33. The van der Waals surface area contributed by atoms with E-state index < -0.39 is 5.60 Å². The number of aromatic nitrogens is 2. The van der Waals surface area contributed by atoms with Gasteiger partial charge in [-0.1, -0.05) is 0 Å². The molecule has 2 saturated heterocycles. The van der Waals surface area contributed by atoms with Crippen molar-refractivity contribution in [2.75, 3.05) is 36.4 Å². The zero-order chi connectivity index (χ0) is 18.7. The number of carbonyl (C=O) groups is 1. The topological polar surface area (TPSA) is 70.6 Å². The number of anilines is 2. The van der Waals surface area contributed by atoms with Crippen LogP contribution in [0.25, 0.3) is 0 Å². The van der Waals surface area contributed by atoms with Crippen molar-refractivity contribution in [2.45, 2.75) is 58.1 Å². The molecular formula is C18H28ClN5O2. The van der Waals surface area contributed by atoms with Gasteiger partial charge >= 0.3 is 6.09 Å². The van der Waals surface area contributed by atoms with E-state index in [1.165, 1.54) is 12.8 Å². The van der Waals surface area contributed by atoms with Crippen LogP contribution in [0.15, 0.2) is 6.07 Å². The van der Waals surface area contributed by atoms with E-state index in [4.69, 9.17) is 16.3 Å². The van der Waals surface area contributed by atoms with Gasteiger partial charge in [0.25, 0.3) is 0 Å². The summed E-state index contributed by atoms with van der Waals surface area (Å²) in [5, 5.41) is 3.72. The molecule has 3 heterocycles. The molecule has 1 N–H and O–H groups in total. The van der Waals surface area contributed by atoms with Crippen molar-refractivity contribution in [3.8, 4) is 0 Å². The van der Waals surface area contributed by atoms with Crippen molar-refractivity contribution >= 4 is 29.3 Å². The van der Waals surface area contributed by atoms with Crippen molar-refractivity contribution in [3.63, 3.8) is 0 Å². The second-order valence-corrected chi connectivity index (χ2v) is 8.30. The lowest BCUT2D eigenvalue weighted by atomic mass is 10.1. The number of carbonyl (C=O) groups excluding carboxylic acids is 1. The van der Waals surface area contributed by atoms with E-state index in [1.54, 1.807) is 4.90 Å². The summed E-state index contributed by atoms with van der Waals surface area (Å²) in [5.74, 6) is 1.64. The van der Waals surface area contributed by atoms with Gasteiger partial charge in [0.15, 0.2) is 0 Å². The first-order valence-corrected chi connectivity index (χ1v) is 9.72. The summed E-state index contributed by atoms with van der Waals surface area (Å²) < 4.78 is 5.44. The standard InChI is InChI=1S/C18H28ClN5O2/c1-18(2,3)26-17(25)24-10-6-13(7-11-24)20-14-12-15(22-16(19)21-14)23-8-4-5-9-23/h12-13H,4-11H2,1-3H3,(H,20,21,22). The Morgan fingerprint density at radius 2 is 1.85 bits per heavy atom. The maximum atomic E-state index is 12.2. The maximum Gasteiger partial charge on any atom is 0.410 e. The minimum absolute atomic E-state index is 0.239. The molecule has 1 aromatic heterocycles. The summed E-state index contributed by atoms with van der Waals surface area (Å²) in [6.45, 7) is 9.03. The molecule has 0 radical (unpaired) electrons. The van der Waals surface area contributed by atoms with Crippen LogP contribution in [-0.4, -0.2) is 58.8 Å². The number of hydrogen-bond donors (Lipinski definition) is 1. The normalized spacial score (nSPS) is 18.9. The summed E-state index contributed by atoms with van der Waals surface area (Å²) in [7, 11) is 0. The number of ether oxygens (including phenoxy) is 1. The summed E-state index contributed by atoms with van der Waals surface area (Å²) in [6.07, 6.45) is 3.83. The lowest BCUT2D eigenvalue weighted by molar-refractivity contribution is 0.0210. The Balaban J connectivity index is 1.55. The minimum Gasteiger partial charge on any atom is -0.444 e. The second kappa shape index (κ2) is 7.86. The molecule has 26 heavy (non-hydrogen) atoms. The van der Waals surface area contributed by atoms with Crippen molar-refractivity contribution in [2.24, 2.45) is 0 Å². The quantitative estimate of drug-likeness (QED) is 0.807. The first-order valence-electron chi connectivity index (χ1n) is 9.34. The highest BCUT2D eigenvalue weighted by atomic mass is 35.5. The highest BCUT2D eigenvalue weighted by Crippen LogP contribution is 2.24. The van der Waals surface area contributed by atoms with Crippen molar-refractivity contribution in [3.05, 3.63) is 11.3 Å². The average Bonchev–Trinajstić information content (AvgIpc) is 3.08. The fourth-order valence-corrected chi connectivity index (χ4v) is 3.51. The van der Waals surface area contributed by atoms with Crippen LogP contribution in [0.5, 0.6) is 0 Å². The van der Waals surface area contributed by atoms with E-state index in [9.17, 15) is 4.79 Å². The van der Waals surface area contributed by atoms with Gasteiger partial charge in [0.05, 0.1) is 0 Å². The van der Waals surface area contributed by atoms with Gasteiger partial charge in [-0.2, -0.15) is 0 Å². The molecule has 0 aromatic carbocycles. The number of nitrogens with one attached hydrogen (secondary N) is 1. The SMILES string of the molecule is CC(C)(C)OC(=O)N1CCC(Nc2cc(N3CCCC3)nc(Cl)n2)CC1. The highest BCUT2D eigenvalue weighted by Gasteiger charge is 2.27. The molecular weight excluding hydrogens is 354 g/mol. The smallest absolute Gasteiger partial charge is 0.410 e. The third-order valence-corrected chi connectivity index (χ3v) is 4.78. The van der Waals surface area contributed by atoms with E-state index >= 15 is 0 Å². The van der Waals surface area contributed by atoms with Crippen molar-refractivity contribution < 1.29 is 9.53 Å². The number of rotatable bonds is 3. The summed E-state index contributed by atoms with van der Waals surface area (Å²) >= 11 is 6.11. The Kier molecular flexibility index (Phi) is 5.75. The van der Waals surface area contributed by atoms with Crippen LogP contribution in [0.1, 0.15) is 46.5 Å². The lowest BCUT2D eigenvalue weighted by Gasteiger charge is -2.34. The Morgan fingerprint density at radius 1 is 1.19 bits per heavy atom. The molecule has 3 rings (SSSR count). The lowest BCUT2D eigenvalue weighted by Crippen LogP contribution is -2.44. The molecule has 2 aliphatic rings. The first-order chi connectivity index (χ1) is 12.3. The number of hydrogen-bond acceptors (Lipinski definition) is 6. The van der Waals surface area contributed by atoms with Crippen LogP contribution in [0.2, 0.25) is 5.28 Å². The van der Waals surface area contributed by atoms with E-state index in [2.05, 4.69) is 20.2 Å².